The zero-order valence-electron chi connectivity index (χ0n) is 24.9. The predicted molar refractivity (Wildman–Crippen MR) is 164 cm³/mol. The van der Waals surface area contributed by atoms with Crippen molar-refractivity contribution < 1.29 is 32.6 Å². The van der Waals surface area contributed by atoms with Gasteiger partial charge in [-0.2, -0.15) is 4.31 Å². The average molecular weight is 599 g/mol. The Morgan fingerprint density at radius 3 is 1.21 bits per heavy atom. The van der Waals surface area contributed by atoms with Crippen LogP contribution in [0.15, 0.2) is 36.4 Å². The first-order chi connectivity index (χ1) is 16.7. The number of phosphoric ester groups is 1. The Morgan fingerprint density at radius 1 is 0.615 bits per heavy atom. The van der Waals surface area contributed by atoms with Crippen LogP contribution in [0.3, 0.4) is 0 Å². The van der Waals surface area contributed by atoms with Crippen LogP contribution in [0.1, 0.15) is 123 Å². The monoisotopic (exact) mass is 598 g/mol. The number of benzene rings is 2. The number of hydrogen-bond acceptors (Lipinski definition) is 4. The molecule has 0 amide bonds. The molecule has 3 N–H and O–H groups in total. The van der Waals surface area contributed by atoms with Gasteiger partial charge >= 0.3 is 15.6 Å². The van der Waals surface area contributed by atoms with E-state index in [0.717, 1.165) is 22.3 Å². The molecule has 0 saturated carbocycles. The summed E-state index contributed by atoms with van der Waals surface area (Å²) < 4.78 is 34.5. The van der Waals surface area contributed by atoms with Gasteiger partial charge in [0.05, 0.1) is 0 Å². The quantitative estimate of drug-likeness (QED) is 0.242. The minimum absolute atomic E-state index is 0. The first-order valence-corrected chi connectivity index (χ1v) is 15.8. The Hall–Kier alpha value is -0.768. The lowest BCUT2D eigenvalue weighted by atomic mass is 9.74. The van der Waals surface area contributed by atoms with Crippen molar-refractivity contribution in [3.63, 3.8) is 0 Å². The molecular weight excluding hydrogens is 549 g/mol. The molecule has 10 heteroatoms. The van der Waals surface area contributed by atoms with Crippen LogP contribution in [0.5, 0.6) is 0 Å². The van der Waals surface area contributed by atoms with Crippen molar-refractivity contribution >= 4 is 33.0 Å². The van der Waals surface area contributed by atoms with Gasteiger partial charge in [-0.05, 0) is 55.0 Å². The summed E-state index contributed by atoms with van der Waals surface area (Å²) in [5.41, 5.74) is 4.17. The maximum atomic E-state index is 13.0. The summed E-state index contributed by atoms with van der Waals surface area (Å²) in [6.07, 6.45) is -1.14. The molecule has 1 unspecified atom stereocenters. The van der Waals surface area contributed by atoms with Gasteiger partial charge in [-0.25, -0.2) is 9.13 Å². The highest BCUT2D eigenvalue weighted by atomic mass is 31.3. The second-order valence-corrected chi connectivity index (χ2v) is 16.9. The van der Waals surface area contributed by atoms with Crippen LogP contribution in [-0.4, -0.2) is 32.0 Å². The van der Waals surface area contributed by atoms with Gasteiger partial charge in [0, 0.05) is 0 Å². The molecule has 2 aromatic carbocycles. The van der Waals surface area contributed by atoms with Gasteiger partial charge in [-0.3, -0.25) is 4.52 Å². The van der Waals surface area contributed by atoms with Gasteiger partial charge in [0.25, 0.3) is 0 Å². The average Bonchev–Trinajstić information content (AvgIpc) is 2.67. The molecule has 220 valence electrons. The fourth-order valence-corrected chi connectivity index (χ4v) is 6.09. The smallest absolute Gasteiger partial charge is 0.302 e. The molecule has 0 radical (unpaired) electrons. The standard InChI is InChI=1S/C29H46O7P2.Al.3H/c1-26(2,3)19-13-15-21(23(17-19)28(7,8)9)25(35-38(33,34)36-37(30,31)32)22-16-14-20(27(4,5)6)18-24(22)29(10,11)12;;;;/h13-18,25H,1-12H3,(H,33,34)(H2,30,31,32);;;;. The van der Waals surface area contributed by atoms with E-state index in [1.165, 1.54) is 0 Å². The Balaban J connectivity index is 0.00000760. The van der Waals surface area contributed by atoms with Crippen molar-refractivity contribution in [3.8, 4) is 0 Å². The SMILES string of the molecule is CC(C)(C)c1ccc(C(OP(=O)(O)OP(=O)(O)O)c2ccc(C(C)(C)C)cc2C(C)(C)C)c(C(C)(C)C)c1.[AlH3]. The molecule has 7 nitrogen and oxygen atoms in total. The predicted octanol–water partition coefficient (Wildman–Crippen LogP) is 7.01. The fraction of sp³-hybridized carbons (Fsp3) is 0.586. The molecule has 2 aromatic rings. The van der Waals surface area contributed by atoms with Gasteiger partial charge in [-0.1, -0.05) is 119 Å². The summed E-state index contributed by atoms with van der Waals surface area (Å²) >= 11 is 0. The molecule has 0 bridgehead atoms. The van der Waals surface area contributed by atoms with Gasteiger partial charge in [0.15, 0.2) is 17.4 Å². The van der Waals surface area contributed by atoms with E-state index < -0.39 is 21.7 Å². The van der Waals surface area contributed by atoms with E-state index >= 15 is 0 Å². The lowest BCUT2D eigenvalue weighted by Gasteiger charge is -2.34. The third-order valence-corrected chi connectivity index (χ3v) is 8.62. The van der Waals surface area contributed by atoms with Crippen molar-refractivity contribution in [2.75, 3.05) is 0 Å². The topological polar surface area (TPSA) is 113 Å². The Morgan fingerprint density at radius 2 is 0.949 bits per heavy atom. The van der Waals surface area contributed by atoms with E-state index in [9.17, 15) is 23.8 Å². The van der Waals surface area contributed by atoms with Crippen LogP contribution in [0.25, 0.3) is 0 Å². The lowest BCUT2D eigenvalue weighted by Crippen LogP contribution is -2.24. The van der Waals surface area contributed by atoms with Crippen molar-refractivity contribution in [1.82, 2.24) is 0 Å². The highest BCUT2D eigenvalue weighted by Gasteiger charge is 2.39. The number of rotatable bonds is 6. The normalized spacial score (nSPS) is 15.2. The second-order valence-electron chi connectivity index (χ2n) is 14.1. The van der Waals surface area contributed by atoms with Crippen LogP contribution in [0.4, 0.5) is 0 Å². The van der Waals surface area contributed by atoms with Crippen molar-refractivity contribution in [2.24, 2.45) is 0 Å². The summed E-state index contributed by atoms with van der Waals surface area (Å²) in [4.78, 5) is 29.1. The molecule has 0 aliphatic heterocycles. The maximum absolute atomic E-state index is 13.0. The first kappa shape index (κ1) is 36.3. The Kier molecular flexibility index (Phi) is 11.0. The van der Waals surface area contributed by atoms with E-state index in [4.69, 9.17) is 4.52 Å². The fourth-order valence-electron chi connectivity index (χ4n) is 4.37. The molecule has 0 aliphatic rings. The molecule has 1 atom stereocenters. The molecule has 0 spiro atoms. The summed E-state index contributed by atoms with van der Waals surface area (Å²) in [5.74, 6) is 0. The maximum Gasteiger partial charge on any atom is 0.482 e. The van der Waals surface area contributed by atoms with Crippen LogP contribution < -0.4 is 0 Å². The Bertz CT molecular complexity index is 1180. The third-order valence-electron chi connectivity index (χ3n) is 6.47. The summed E-state index contributed by atoms with van der Waals surface area (Å²) in [7, 11) is -10.5. The van der Waals surface area contributed by atoms with Gasteiger partial charge in [-0.15, -0.1) is 0 Å². The van der Waals surface area contributed by atoms with Gasteiger partial charge in [0.2, 0.25) is 0 Å². The minimum atomic E-state index is -5.31. The highest BCUT2D eigenvalue weighted by Crippen LogP contribution is 2.61. The largest absolute Gasteiger partial charge is 0.482 e. The summed E-state index contributed by atoms with van der Waals surface area (Å²) in [6.45, 7) is 25.0. The molecule has 0 aliphatic carbocycles. The van der Waals surface area contributed by atoms with E-state index in [1.54, 1.807) is 0 Å². The molecule has 39 heavy (non-hydrogen) atoms. The molecule has 0 saturated heterocycles. The third kappa shape index (κ3) is 9.93. The van der Waals surface area contributed by atoms with Crippen molar-refractivity contribution in [2.45, 2.75) is 111 Å². The van der Waals surface area contributed by atoms with Crippen LogP contribution in [-0.2, 0) is 39.6 Å². The van der Waals surface area contributed by atoms with Gasteiger partial charge in [0.1, 0.15) is 6.10 Å². The zero-order valence-corrected chi connectivity index (χ0v) is 26.7. The van der Waals surface area contributed by atoms with E-state index in [1.807, 2.05) is 65.8 Å². The molecule has 0 heterocycles. The second kappa shape index (κ2) is 11.8. The zero-order chi connectivity index (χ0) is 29.7. The van der Waals surface area contributed by atoms with Gasteiger partial charge < -0.3 is 14.7 Å². The van der Waals surface area contributed by atoms with Crippen molar-refractivity contribution in [1.29, 1.82) is 0 Å². The lowest BCUT2D eigenvalue weighted by molar-refractivity contribution is 0.145. The summed E-state index contributed by atoms with van der Waals surface area (Å²) in [6, 6.07) is 11.9. The van der Waals surface area contributed by atoms with E-state index in [2.05, 4.69) is 58.0 Å². The van der Waals surface area contributed by atoms with E-state index in [0.29, 0.717) is 11.1 Å². The van der Waals surface area contributed by atoms with Crippen LogP contribution in [0.2, 0.25) is 0 Å². The number of hydrogen-bond donors (Lipinski definition) is 3. The molecule has 0 fully saturated rings. The summed E-state index contributed by atoms with van der Waals surface area (Å²) in [5, 5.41) is 0. The number of phosphoric acid groups is 2. The molecule has 0 aromatic heterocycles. The van der Waals surface area contributed by atoms with Crippen LogP contribution >= 0.6 is 15.6 Å². The van der Waals surface area contributed by atoms with Crippen LogP contribution in [0, 0.1) is 0 Å². The first-order valence-electron chi connectivity index (χ1n) is 12.8. The van der Waals surface area contributed by atoms with Crippen molar-refractivity contribution in [3.05, 3.63) is 69.8 Å². The molecule has 2 rings (SSSR count). The highest BCUT2D eigenvalue weighted by molar-refractivity contribution is 7.60. The van der Waals surface area contributed by atoms with E-state index in [-0.39, 0.29) is 39.0 Å². The minimum Gasteiger partial charge on any atom is -0.302 e. The molecular formula is C29H49AlO7P2. The Labute approximate surface area is 245 Å².